The molecular formula is C19H30IN5O2S2. The number of halogens is 1. The second-order valence-corrected chi connectivity index (χ2v) is 9.84. The van der Waals surface area contributed by atoms with Gasteiger partial charge in [-0.15, -0.1) is 35.3 Å². The zero-order chi connectivity index (χ0) is 20.6. The van der Waals surface area contributed by atoms with Crippen LogP contribution in [0, 0.1) is 6.92 Å². The van der Waals surface area contributed by atoms with Gasteiger partial charge in [0, 0.05) is 43.7 Å². The fourth-order valence-electron chi connectivity index (χ4n) is 2.68. The van der Waals surface area contributed by atoms with Crippen LogP contribution in [0.15, 0.2) is 35.5 Å². The van der Waals surface area contributed by atoms with Gasteiger partial charge in [0.05, 0.1) is 10.8 Å². The highest BCUT2D eigenvalue weighted by molar-refractivity contribution is 14.0. The summed E-state index contributed by atoms with van der Waals surface area (Å²) in [6.45, 7) is 6.88. The average Bonchev–Trinajstić information content (AvgIpc) is 3.02. The summed E-state index contributed by atoms with van der Waals surface area (Å²) in [7, 11) is -1.66. The predicted octanol–water partition coefficient (Wildman–Crippen LogP) is 2.81. The Morgan fingerprint density at radius 1 is 1.21 bits per heavy atom. The summed E-state index contributed by atoms with van der Waals surface area (Å²) in [5, 5.41) is 7.61. The van der Waals surface area contributed by atoms with Gasteiger partial charge in [-0.1, -0.05) is 24.3 Å². The Bertz CT molecular complexity index is 898. The third-order valence-electron chi connectivity index (χ3n) is 3.85. The largest absolute Gasteiger partial charge is 0.356 e. The van der Waals surface area contributed by atoms with Gasteiger partial charge in [-0.25, -0.2) is 18.1 Å². The van der Waals surface area contributed by atoms with E-state index in [1.165, 1.54) is 4.88 Å². The highest BCUT2D eigenvalue weighted by atomic mass is 127. The zero-order valence-corrected chi connectivity index (χ0v) is 21.2. The van der Waals surface area contributed by atoms with Crippen molar-refractivity contribution < 1.29 is 8.42 Å². The lowest BCUT2D eigenvalue weighted by Crippen LogP contribution is -2.38. The number of hydrogen-bond acceptors (Lipinski definition) is 5. The number of nitrogens with zero attached hydrogens (tertiary/aromatic N) is 2. The summed E-state index contributed by atoms with van der Waals surface area (Å²) in [4.78, 5) is 9.79. The summed E-state index contributed by atoms with van der Waals surface area (Å²) >= 11 is 1.69. The topological polar surface area (TPSA) is 95.5 Å². The number of aromatic nitrogens is 1. The van der Waals surface area contributed by atoms with Crippen LogP contribution in [-0.4, -0.2) is 39.0 Å². The summed E-state index contributed by atoms with van der Waals surface area (Å²) in [6, 6.07) is 7.41. The fraction of sp³-hybridized carbons (Fsp3) is 0.474. The van der Waals surface area contributed by atoms with Gasteiger partial charge in [0.1, 0.15) is 0 Å². The molecule has 1 aromatic heterocycles. The van der Waals surface area contributed by atoms with Crippen LogP contribution >= 0.6 is 35.3 Å². The minimum absolute atomic E-state index is 0. The van der Waals surface area contributed by atoms with E-state index in [0.29, 0.717) is 12.5 Å². The van der Waals surface area contributed by atoms with E-state index in [1.54, 1.807) is 18.4 Å². The van der Waals surface area contributed by atoms with E-state index in [9.17, 15) is 8.42 Å². The first-order chi connectivity index (χ1) is 13.3. The molecule has 0 aliphatic carbocycles. The molecule has 0 atom stereocenters. The molecule has 3 N–H and O–H groups in total. The van der Waals surface area contributed by atoms with Crippen molar-refractivity contribution in [2.24, 2.45) is 4.99 Å². The number of benzene rings is 1. The minimum atomic E-state index is -3.37. The zero-order valence-electron chi connectivity index (χ0n) is 17.2. The van der Waals surface area contributed by atoms with E-state index in [0.717, 1.165) is 29.1 Å². The van der Waals surface area contributed by atoms with E-state index in [-0.39, 0.29) is 35.8 Å². The van der Waals surface area contributed by atoms with Crippen molar-refractivity contribution >= 4 is 51.3 Å². The van der Waals surface area contributed by atoms with Crippen LogP contribution in [0.3, 0.4) is 0 Å². The molecule has 0 aliphatic rings. The van der Waals surface area contributed by atoms with Crippen LogP contribution in [-0.2, 0) is 28.7 Å². The predicted molar refractivity (Wildman–Crippen MR) is 132 cm³/mol. The van der Waals surface area contributed by atoms with E-state index in [4.69, 9.17) is 0 Å². The summed E-state index contributed by atoms with van der Waals surface area (Å²) in [5.74, 6) is 0.629. The molecule has 29 heavy (non-hydrogen) atoms. The Kier molecular flexibility index (Phi) is 11.1. The van der Waals surface area contributed by atoms with Gasteiger partial charge in [-0.2, -0.15) is 0 Å². The average molecular weight is 552 g/mol. The smallest absolute Gasteiger partial charge is 0.216 e. The molecule has 0 fully saturated rings. The Labute approximate surface area is 194 Å². The van der Waals surface area contributed by atoms with Crippen LogP contribution in [0.1, 0.15) is 34.9 Å². The van der Waals surface area contributed by atoms with Crippen molar-refractivity contribution in [3.63, 3.8) is 0 Å². The van der Waals surface area contributed by atoms with Crippen molar-refractivity contribution in [2.45, 2.75) is 45.5 Å². The number of nitrogens with one attached hydrogen (secondary N) is 3. The summed E-state index contributed by atoms with van der Waals surface area (Å²) in [6.07, 6.45) is 2.71. The molecule has 0 saturated carbocycles. The van der Waals surface area contributed by atoms with Gasteiger partial charge < -0.3 is 10.6 Å². The molecule has 2 rings (SSSR count). The molecule has 10 heteroatoms. The number of aliphatic imine (C=N–C) groups is 1. The lowest BCUT2D eigenvalue weighted by Gasteiger charge is -2.15. The second-order valence-electron chi connectivity index (χ2n) is 6.77. The first-order valence-corrected chi connectivity index (χ1v) is 11.7. The Morgan fingerprint density at radius 3 is 2.48 bits per heavy atom. The quantitative estimate of drug-likeness (QED) is 0.253. The lowest BCUT2D eigenvalue weighted by molar-refractivity contribution is 0.568. The van der Waals surface area contributed by atoms with Gasteiger partial charge >= 0.3 is 0 Å². The van der Waals surface area contributed by atoms with Gasteiger partial charge in [0.2, 0.25) is 10.0 Å². The number of thiazole rings is 1. The van der Waals surface area contributed by atoms with Gasteiger partial charge in [0.25, 0.3) is 0 Å². The van der Waals surface area contributed by atoms with Crippen molar-refractivity contribution in [2.75, 3.05) is 13.6 Å². The molecule has 2 aromatic rings. The highest BCUT2D eigenvalue weighted by Gasteiger charge is 2.15. The van der Waals surface area contributed by atoms with Crippen molar-refractivity contribution in [3.8, 4) is 0 Å². The third-order valence-corrected chi connectivity index (χ3v) is 6.34. The molecule has 162 valence electrons. The first kappa shape index (κ1) is 25.8. The molecule has 0 aliphatic heterocycles. The van der Waals surface area contributed by atoms with Crippen LogP contribution in [0.5, 0.6) is 0 Å². The maximum absolute atomic E-state index is 12.3. The Morgan fingerprint density at radius 2 is 1.90 bits per heavy atom. The molecular weight excluding hydrogens is 521 g/mol. The molecule has 0 radical (unpaired) electrons. The molecule has 0 spiro atoms. The van der Waals surface area contributed by atoms with Gasteiger partial charge in [-0.3, -0.25) is 4.99 Å². The van der Waals surface area contributed by atoms with E-state index < -0.39 is 10.0 Å². The van der Waals surface area contributed by atoms with Crippen molar-refractivity contribution in [1.29, 1.82) is 0 Å². The van der Waals surface area contributed by atoms with Crippen LogP contribution in [0.2, 0.25) is 0 Å². The third kappa shape index (κ3) is 9.41. The normalized spacial score (nSPS) is 12.0. The monoisotopic (exact) mass is 551 g/mol. The highest BCUT2D eigenvalue weighted by Crippen LogP contribution is 2.13. The number of guanidine groups is 1. The van der Waals surface area contributed by atoms with Crippen molar-refractivity contribution in [1.82, 2.24) is 20.3 Å². The van der Waals surface area contributed by atoms with Gasteiger partial charge in [-0.05, 0) is 31.9 Å². The van der Waals surface area contributed by atoms with E-state index in [1.807, 2.05) is 51.2 Å². The second kappa shape index (κ2) is 12.5. The van der Waals surface area contributed by atoms with Gasteiger partial charge in [0.15, 0.2) is 5.96 Å². The van der Waals surface area contributed by atoms with E-state index in [2.05, 4.69) is 25.3 Å². The van der Waals surface area contributed by atoms with Crippen LogP contribution < -0.4 is 15.4 Å². The maximum atomic E-state index is 12.3. The lowest BCUT2D eigenvalue weighted by atomic mass is 10.1. The molecule has 7 nitrogen and oxygen atoms in total. The number of rotatable bonds is 9. The molecule has 0 amide bonds. The standard InChI is InChI=1S/C19H29N5O2S2.HI/c1-14(2)24-28(25,26)13-17-8-6-5-7-16(17)12-23-19(20-4)21-10-9-18-22-11-15(3)27-18;/h5-8,11,14,24H,9-10,12-13H2,1-4H3,(H2,20,21,23);1H. The summed E-state index contributed by atoms with van der Waals surface area (Å²) < 4.78 is 27.2. The fourth-order valence-corrected chi connectivity index (χ4v) is 4.96. The molecule has 0 unspecified atom stereocenters. The Balaban J connectivity index is 0.00000420. The molecule has 1 heterocycles. The summed E-state index contributed by atoms with van der Waals surface area (Å²) in [5.41, 5.74) is 1.70. The molecule has 0 bridgehead atoms. The molecule has 0 saturated heterocycles. The molecule has 1 aromatic carbocycles. The number of aryl methyl sites for hydroxylation is 1. The van der Waals surface area contributed by atoms with Crippen LogP contribution in [0.4, 0.5) is 0 Å². The number of hydrogen-bond donors (Lipinski definition) is 3. The van der Waals surface area contributed by atoms with Crippen LogP contribution in [0.25, 0.3) is 0 Å². The minimum Gasteiger partial charge on any atom is -0.356 e. The van der Waals surface area contributed by atoms with E-state index >= 15 is 0 Å². The SMILES string of the molecule is CN=C(NCCc1ncc(C)s1)NCc1ccccc1CS(=O)(=O)NC(C)C.I. The Hall–Kier alpha value is -1.24. The van der Waals surface area contributed by atoms with Crippen molar-refractivity contribution in [3.05, 3.63) is 51.5 Å². The number of sulfonamides is 1. The first-order valence-electron chi connectivity index (χ1n) is 9.21. The maximum Gasteiger partial charge on any atom is 0.216 e.